The van der Waals surface area contributed by atoms with Crippen LogP contribution in [0.2, 0.25) is 0 Å². The largest absolute Gasteiger partial charge is 0.452 e. The van der Waals surface area contributed by atoms with Crippen molar-refractivity contribution in [2.45, 2.75) is 32.8 Å². The number of rotatable bonds is 6. The Labute approximate surface area is 172 Å². The first kappa shape index (κ1) is 19.5. The summed E-state index contributed by atoms with van der Waals surface area (Å²) >= 11 is 0. The Morgan fingerprint density at radius 3 is 2.33 bits per heavy atom. The summed E-state index contributed by atoms with van der Waals surface area (Å²) in [6.45, 7) is 1.92. The monoisotopic (exact) mass is 405 g/mol. The molecule has 1 fully saturated rings. The number of amides is 2. The number of ether oxygens (including phenoxy) is 1. The van der Waals surface area contributed by atoms with E-state index in [1.165, 1.54) is 17.7 Å². The molecule has 0 bridgehead atoms. The molecule has 0 aliphatic carbocycles. The van der Waals surface area contributed by atoms with Gasteiger partial charge in [0.05, 0.1) is 11.3 Å². The van der Waals surface area contributed by atoms with Crippen LogP contribution in [0.4, 0.5) is 5.69 Å². The van der Waals surface area contributed by atoms with Crippen LogP contribution in [0.25, 0.3) is 11.4 Å². The van der Waals surface area contributed by atoms with Crippen LogP contribution in [0.5, 0.6) is 0 Å². The molecular formula is C22H19N3O5. The van der Waals surface area contributed by atoms with Crippen LogP contribution < -0.4 is 4.90 Å². The molecule has 2 heterocycles. The zero-order valence-electron chi connectivity index (χ0n) is 16.3. The molecule has 3 aromatic rings. The Morgan fingerprint density at radius 2 is 1.70 bits per heavy atom. The molecule has 2 aromatic carbocycles. The Bertz CT molecular complexity index is 1070. The minimum atomic E-state index is -0.576. The summed E-state index contributed by atoms with van der Waals surface area (Å²) < 4.78 is 10.4. The van der Waals surface area contributed by atoms with E-state index in [2.05, 4.69) is 17.1 Å². The fourth-order valence-electron chi connectivity index (χ4n) is 3.14. The summed E-state index contributed by atoms with van der Waals surface area (Å²) in [6, 6.07) is 13.9. The molecule has 0 saturated carbocycles. The Hall–Kier alpha value is -3.81. The lowest BCUT2D eigenvalue weighted by Gasteiger charge is -2.13. The number of hydrogen-bond donors (Lipinski definition) is 0. The lowest BCUT2D eigenvalue weighted by Crippen LogP contribution is -2.28. The van der Waals surface area contributed by atoms with E-state index in [4.69, 9.17) is 9.26 Å². The van der Waals surface area contributed by atoms with Gasteiger partial charge < -0.3 is 9.26 Å². The van der Waals surface area contributed by atoms with Crippen molar-refractivity contribution in [1.82, 2.24) is 10.1 Å². The molecule has 0 N–H and O–H groups in total. The average molecular weight is 405 g/mol. The molecule has 1 aliphatic rings. The molecule has 1 aliphatic heterocycles. The summed E-state index contributed by atoms with van der Waals surface area (Å²) in [5, 5.41) is 3.92. The van der Waals surface area contributed by atoms with E-state index in [1.807, 2.05) is 24.3 Å². The molecule has 4 rings (SSSR count). The third-order valence-electron chi connectivity index (χ3n) is 4.83. The van der Waals surface area contributed by atoms with E-state index in [1.54, 1.807) is 12.1 Å². The summed E-state index contributed by atoms with van der Waals surface area (Å²) in [4.78, 5) is 41.2. The van der Waals surface area contributed by atoms with Crippen molar-refractivity contribution in [3.05, 3.63) is 65.5 Å². The summed E-state index contributed by atoms with van der Waals surface area (Å²) in [5.41, 5.74) is 2.75. The van der Waals surface area contributed by atoms with E-state index in [0.29, 0.717) is 11.5 Å². The first-order valence-corrected chi connectivity index (χ1v) is 9.60. The second-order valence-electron chi connectivity index (χ2n) is 6.81. The number of esters is 1. The highest BCUT2D eigenvalue weighted by Gasteiger charge is 2.30. The van der Waals surface area contributed by atoms with Crippen molar-refractivity contribution in [2.24, 2.45) is 0 Å². The number of carbonyl (C=O) groups excluding carboxylic acids is 3. The molecular weight excluding hydrogens is 386 g/mol. The zero-order chi connectivity index (χ0) is 21.1. The summed E-state index contributed by atoms with van der Waals surface area (Å²) in [5.74, 6) is -0.456. The molecule has 0 spiro atoms. The third kappa shape index (κ3) is 3.98. The highest BCUT2D eigenvalue weighted by atomic mass is 16.6. The van der Waals surface area contributed by atoms with Crippen LogP contribution in [-0.2, 0) is 27.4 Å². The van der Waals surface area contributed by atoms with E-state index < -0.39 is 5.97 Å². The number of carbonyl (C=O) groups is 3. The fourth-order valence-corrected chi connectivity index (χ4v) is 3.14. The first-order chi connectivity index (χ1) is 14.5. The molecule has 152 valence electrons. The third-order valence-corrected chi connectivity index (χ3v) is 4.83. The van der Waals surface area contributed by atoms with Gasteiger partial charge in [0.2, 0.25) is 17.6 Å². The van der Waals surface area contributed by atoms with Crippen LogP contribution in [0.1, 0.15) is 41.6 Å². The van der Waals surface area contributed by atoms with E-state index >= 15 is 0 Å². The predicted octanol–water partition coefficient (Wildman–Crippen LogP) is 3.31. The van der Waals surface area contributed by atoms with Gasteiger partial charge in [-0.2, -0.15) is 4.98 Å². The van der Waals surface area contributed by atoms with E-state index in [0.717, 1.165) is 16.9 Å². The maximum absolute atomic E-state index is 12.3. The number of hydrogen-bond acceptors (Lipinski definition) is 7. The second kappa shape index (κ2) is 8.28. The molecule has 0 atom stereocenters. The highest BCUT2D eigenvalue weighted by Crippen LogP contribution is 2.23. The van der Waals surface area contributed by atoms with Gasteiger partial charge in [-0.3, -0.25) is 14.5 Å². The Morgan fingerprint density at radius 1 is 1.03 bits per heavy atom. The van der Waals surface area contributed by atoms with Gasteiger partial charge in [-0.15, -0.1) is 0 Å². The standard InChI is InChI=1S/C22H19N3O5/c1-2-14-3-5-15(6-4-14)21-23-18(30-24-21)13-29-22(28)16-7-9-17(10-8-16)25-19(26)11-12-20(25)27/h3-10H,2,11-13H2,1H3. The van der Waals surface area contributed by atoms with Gasteiger partial charge in [-0.1, -0.05) is 36.3 Å². The van der Waals surface area contributed by atoms with Crippen LogP contribution in [-0.4, -0.2) is 27.9 Å². The van der Waals surface area contributed by atoms with E-state index in [9.17, 15) is 14.4 Å². The maximum atomic E-state index is 12.3. The smallest absolute Gasteiger partial charge is 0.338 e. The molecule has 0 radical (unpaired) electrons. The van der Waals surface area contributed by atoms with Crippen molar-refractivity contribution in [3.8, 4) is 11.4 Å². The normalized spacial score (nSPS) is 13.7. The molecule has 8 nitrogen and oxygen atoms in total. The molecule has 0 unspecified atom stereocenters. The molecule has 1 saturated heterocycles. The first-order valence-electron chi connectivity index (χ1n) is 9.60. The lowest BCUT2D eigenvalue weighted by molar-refractivity contribution is -0.121. The maximum Gasteiger partial charge on any atom is 0.338 e. The van der Waals surface area contributed by atoms with Crippen molar-refractivity contribution in [3.63, 3.8) is 0 Å². The van der Waals surface area contributed by atoms with Crippen molar-refractivity contribution < 1.29 is 23.6 Å². The average Bonchev–Trinajstić information content (AvgIpc) is 3.38. The van der Waals surface area contributed by atoms with Gasteiger partial charge in [-0.05, 0) is 36.2 Å². The minimum Gasteiger partial charge on any atom is -0.452 e. The van der Waals surface area contributed by atoms with Gasteiger partial charge in [0.25, 0.3) is 5.89 Å². The fraction of sp³-hybridized carbons (Fsp3) is 0.227. The van der Waals surface area contributed by atoms with E-state index in [-0.39, 0.29) is 42.7 Å². The topological polar surface area (TPSA) is 103 Å². The quantitative estimate of drug-likeness (QED) is 0.458. The van der Waals surface area contributed by atoms with Crippen molar-refractivity contribution in [1.29, 1.82) is 0 Å². The Balaban J connectivity index is 1.37. The lowest BCUT2D eigenvalue weighted by atomic mass is 10.1. The van der Waals surface area contributed by atoms with Crippen LogP contribution >= 0.6 is 0 Å². The highest BCUT2D eigenvalue weighted by molar-refractivity contribution is 6.19. The molecule has 1 aromatic heterocycles. The number of imide groups is 1. The van der Waals surface area contributed by atoms with Gasteiger partial charge in [0, 0.05) is 18.4 Å². The summed E-state index contributed by atoms with van der Waals surface area (Å²) in [7, 11) is 0. The number of aromatic nitrogens is 2. The molecule has 2 amide bonds. The van der Waals surface area contributed by atoms with Gasteiger partial charge in [0.1, 0.15) is 0 Å². The number of anilines is 1. The zero-order valence-corrected chi connectivity index (χ0v) is 16.3. The number of aryl methyl sites for hydroxylation is 1. The second-order valence-corrected chi connectivity index (χ2v) is 6.81. The van der Waals surface area contributed by atoms with Gasteiger partial charge in [0.15, 0.2) is 6.61 Å². The van der Waals surface area contributed by atoms with Gasteiger partial charge in [-0.25, -0.2) is 4.79 Å². The van der Waals surface area contributed by atoms with Crippen molar-refractivity contribution >= 4 is 23.5 Å². The number of nitrogens with zero attached hydrogens (tertiary/aromatic N) is 3. The predicted molar refractivity (Wildman–Crippen MR) is 106 cm³/mol. The van der Waals surface area contributed by atoms with Crippen LogP contribution in [0.3, 0.4) is 0 Å². The molecule has 8 heteroatoms. The summed E-state index contributed by atoms with van der Waals surface area (Å²) in [6.07, 6.45) is 1.36. The van der Waals surface area contributed by atoms with Crippen LogP contribution in [0, 0.1) is 0 Å². The Kier molecular flexibility index (Phi) is 5.38. The molecule has 30 heavy (non-hydrogen) atoms. The van der Waals surface area contributed by atoms with Gasteiger partial charge >= 0.3 is 5.97 Å². The SMILES string of the molecule is CCc1ccc(-c2noc(COC(=O)c3ccc(N4C(=O)CCC4=O)cc3)n2)cc1. The van der Waals surface area contributed by atoms with Crippen molar-refractivity contribution in [2.75, 3.05) is 4.90 Å². The van der Waals surface area contributed by atoms with Crippen LogP contribution in [0.15, 0.2) is 53.1 Å². The number of benzene rings is 2. The minimum absolute atomic E-state index is 0.163.